The first-order chi connectivity index (χ1) is 15.8. The van der Waals surface area contributed by atoms with Gasteiger partial charge in [0.05, 0.1) is 10.7 Å². The number of hydrogen-bond acceptors (Lipinski definition) is 1. The molecule has 0 aliphatic rings. The fraction of sp³-hybridized carbons (Fsp3) is 0. The van der Waals surface area contributed by atoms with Gasteiger partial charge in [-0.25, -0.2) is 0 Å². The van der Waals surface area contributed by atoms with Gasteiger partial charge in [0.25, 0.3) is 0 Å². The molecule has 2 heteroatoms. The summed E-state index contributed by atoms with van der Waals surface area (Å²) in [5, 5.41) is 0.715. The van der Waals surface area contributed by atoms with Crippen LogP contribution in [0.1, 0.15) is 0 Å². The normalized spacial score (nSPS) is 10.7. The number of hydrogen-bond donors (Lipinski definition) is 0. The molecular formula is C30H22ClN. The Morgan fingerprint density at radius 1 is 0.375 bits per heavy atom. The minimum atomic E-state index is 0.715. The second-order valence-electron chi connectivity index (χ2n) is 7.61. The van der Waals surface area contributed by atoms with Crippen LogP contribution in [0, 0.1) is 0 Å². The van der Waals surface area contributed by atoms with Crippen LogP contribution in [0.3, 0.4) is 0 Å². The smallest absolute Gasteiger partial charge is 0.0647 e. The molecule has 0 atom stereocenters. The van der Waals surface area contributed by atoms with Crippen LogP contribution in [-0.2, 0) is 0 Å². The average molecular weight is 432 g/mol. The number of nitrogens with zero attached hydrogens (tertiary/aromatic N) is 1. The lowest BCUT2D eigenvalue weighted by molar-refractivity contribution is 1.28. The molecule has 0 unspecified atom stereocenters. The van der Waals surface area contributed by atoms with Crippen molar-refractivity contribution in [2.45, 2.75) is 0 Å². The Morgan fingerprint density at radius 3 is 1.19 bits per heavy atom. The first-order valence-corrected chi connectivity index (χ1v) is 11.0. The summed E-state index contributed by atoms with van der Waals surface area (Å²) in [6.07, 6.45) is 0. The molecule has 0 amide bonds. The molecule has 0 saturated carbocycles. The molecule has 0 aliphatic heterocycles. The Balaban J connectivity index is 1.55. The molecule has 0 aromatic heterocycles. The molecule has 5 aromatic rings. The van der Waals surface area contributed by atoms with Crippen LogP contribution < -0.4 is 4.90 Å². The maximum Gasteiger partial charge on any atom is 0.0647 e. The van der Waals surface area contributed by atoms with Crippen molar-refractivity contribution in [2.75, 3.05) is 4.90 Å². The van der Waals surface area contributed by atoms with E-state index < -0.39 is 0 Å². The highest BCUT2D eigenvalue weighted by Gasteiger charge is 2.15. The highest BCUT2D eigenvalue weighted by Crippen LogP contribution is 2.39. The summed E-state index contributed by atoms with van der Waals surface area (Å²) < 4.78 is 0. The van der Waals surface area contributed by atoms with E-state index in [-0.39, 0.29) is 0 Å². The summed E-state index contributed by atoms with van der Waals surface area (Å²) in [5.74, 6) is 0. The monoisotopic (exact) mass is 431 g/mol. The topological polar surface area (TPSA) is 3.24 Å². The second kappa shape index (κ2) is 9.13. The Bertz CT molecular complexity index is 1210. The molecular weight excluding hydrogens is 410 g/mol. The van der Waals surface area contributed by atoms with E-state index in [4.69, 9.17) is 11.6 Å². The van der Waals surface area contributed by atoms with E-state index in [9.17, 15) is 0 Å². The lowest BCUT2D eigenvalue weighted by Gasteiger charge is -2.26. The maximum atomic E-state index is 6.63. The summed E-state index contributed by atoms with van der Waals surface area (Å²) in [6, 6.07) is 46.0. The Labute approximate surface area is 194 Å². The summed E-state index contributed by atoms with van der Waals surface area (Å²) in [4.78, 5) is 2.20. The second-order valence-corrected chi connectivity index (χ2v) is 8.02. The summed E-state index contributed by atoms with van der Waals surface area (Å²) in [7, 11) is 0. The fourth-order valence-electron chi connectivity index (χ4n) is 3.93. The zero-order valence-electron chi connectivity index (χ0n) is 17.5. The van der Waals surface area contributed by atoms with Gasteiger partial charge >= 0.3 is 0 Å². The van der Waals surface area contributed by atoms with E-state index in [0.29, 0.717) is 5.02 Å². The lowest BCUT2D eigenvalue weighted by atomic mass is 10.0. The quantitative estimate of drug-likeness (QED) is 0.268. The molecule has 1 nitrogen and oxygen atoms in total. The first kappa shape index (κ1) is 20.1. The first-order valence-electron chi connectivity index (χ1n) is 10.7. The Morgan fingerprint density at radius 2 is 0.750 bits per heavy atom. The molecule has 0 radical (unpaired) electrons. The van der Waals surface area contributed by atoms with Crippen molar-refractivity contribution in [1.82, 2.24) is 0 Å². The van der Waals surface area contributed by atoms with Gasteiger partial charge < -0.3 is 4.90 Å². The van der Waals surface area contributed by atoms with Crippen molar-refractivity contribution >= 4 is 28.7 Å². The zero-order chi connectivity index (χ0) is 21.8. The van der Waals surface area contributed by atoms with Gasteiger partial charge in [0, 0.05) is 11.4 Å². The molecule has 0 N–H and O–H groups in total. The lowest BCUT2D eigenvalue weighted by Crippen LogP contribution is -2.10. The highest BCUT2D eigenvalue weighted by molar-refractivity contribution is 6.33. The zero-order valence-corrected chi connectivity index (χ0v) is 18.3. The average Bonchev–Trinajstić information content (AvgIpc) is 2.87. The van der Waals surface area contributed by atoms with E-state index in [2.05, 4.69) is 108 Å². The van der Waals surface area contributed by atoms with E-state index >= 15 is 0 Å². The van der Waals surface area contributed by atoms with Gasteiger partial charge in [0.15, 0.2) is 0 Å². The van der Waals surface area contributed by atoms with Crippen LogP contribution in [0.2, 0.25) is 5.02 Å². The van der Waals surface area contributed by atoms with Gasteiger partial charge in [-0.1, -0.05) is 109 Å². The minimum Gasteiger partial charge on any atom is -0.309 e. The van der Waals surface area contributed by atoms with E-state index in [1.807, 2.05) is 30.3 Å². The fourth-order valence-corrected chi connectivity index (χ4v) is 4.15. The number of rotatable bonds is 5. The summed E-state index contributed by atoms with van der Waals surface area (Å²) >= 11 is 6.63. The number of benzene rings is 5. The van der Waals surface area contributed by atoms with E-state index in [1.54, 1.807) is 0 Å². The SMILES string of the molecule is Clc1ccccc1N(c1ccc(-c2ccccc2)cc1)c1ccc(-c2ccccc2)cc1. The Hall–Kier alpha value is -3.81. The molecule has 0 spiro atoms. The molecule has 0 aliphatic carbocycles. The van der Waals surface area contributed by atoms with Crippen LogP contribution in [0.5, 0.6) is 0 Å². The minimum absolute atomic E-state index is 0.715. The van der Waals surface area contributed by atoms with Crippen molar-refractivity contribution < 1.29 is 0 Å². The van der Waals surface area contributed by atoms with Crippen LogP contribution in [0.4, 0.5) is 17.1 Å². The van der Waals surface area contributed by atoms with Crippen molar-refractivity contribution in [2.24, 2.45) is 0 Å². The van der Waals surface area contributed by atoms with E-state index in [1.165, 1.54) is 22.3 Å². The van der Waals surface area contributed by atoms with E-state index in [0.717, 1.165) is 17.1 Å². The Kier molecular flexibility index (Phi) is 5.74. The third-order valence-corrected chi connectivity index (χ3v) is 5.88. The van der Waals surface area contributed by atoms with Gasteiger partial charge in [-0.15, -0.1) is 0 Å². The van der Waals surface area contributed by atoms with Crippen molar-refractivity contribution in [3.05, 3.63) is 138 Å². The molecule has 0 saturated heterocycles. The number of halogens is 1. The third kappa shape index (κ3) is 4.16. The number of para-hydroxylation sites is 1. The van der Waals surface area contributed by atoms with Gasteiger partial charge in [0.1, 0.15) is 0 Å². The van der Waals surface area contributed by atoms with Gasteiger partial charge in [-0.2, -0.15) is 0 Å². The molecule has 154 valence electrons. The molecule has 0 heterocycles. The number of anilines is 3. The van der Waals surface area contributed by atoms with Gasteiger partial charge in [-0.05, 0) is 58.7 Å². The van der Waals surface area contributed by atoms with Crippen LogP contribution in [0.25, 0.3) is 22.3 Å². The molecule has 5 aromatic carbocycles. The van der Waals surface area contributed by atoms with Gasteiger partial charge in [-0.3, -0.25) is 0 Å². The predicted octanol–water partition coefficient (Wildman–Crippen LogP) is 9.14. The largest absolute Gasteiger partial charge is 0.309 e. The molecule has 0 bridgehead atoms. The van der Waals surface area contributed by atoms with Crippen molar-refractivity contribution in [3.63, 3.8) is 0 Å². The van der Waals surface area contributed by atoms with Crippen LogP contribution in [0.15, 0.2) is 133 Å². The summed E-state index contributed by atoms with van der Waals surface area (Å²) in [6.45, 7) is 0. The standard InChI is InChI=1S/C30H22ClN/c31-29-13-7-8-14-30(29)32(27-19-15-25(16-20-27)23-9-3-1-4-10-23)28-21-17-26(18-22-28)24-11-5-2-6-12-24/h1-22H. The summed E-state index contributed by atoms with van der Waals surface area (Å²) in [5.41, 5.74) is 7.86. The van der Waals surface area contributed by atoms with Crippen molar-refractivity contribution in [1.29, 1.82) is 0 Å². The highest BCUT2D eigenvalue weighted by atomic mass is 35.5. The predicted molar refractivity (Wildman–Crippen MR) is 137 cm³/mol. The molecule has 0 fully saturated rings. The van der Waals surface area contributed by atoms with Crippen LogP contribution >= 0.6 is 11.6 Å². The van der Waals surface area contributed by atoms with Crippen molar-refractivity contribution in [3.8, 4) is 22.3 Å². The molecule has 5 rings (SSSR count). The maximum absolute atomic E-state index is 6.63. The van der Waals surface area contributed by atoms with Gasteiger partial charge in [0.2, 0.25) is 0 Å². The molecule has 32 heavy (non-hydrogen) atoms. The van der Waals surface area contributed by atoms with Crippen LogP contribution in [-0.4, -0.2) is 0 Å². The third-order valence-electron chi connectivity index (χ3n) is 5.56.